The van der Waals surface area contributed by atoms with Crippen molar-refractivity contribution in [1.29, 1.82) is 0 Å². The Morgan fingerprint density at radius 3 is 2.09 bits per heavy atom. The largest absolute Gasteiger partial charge is 0.350 e. The first kappa shape index (κ1) is 26.7. The number of aryl methyl sites for hydroxylation is 2. The second-order valence-corrected chi connectivity index (χ2v) is 11.1. The van der Waals surface area contributed by atoms with Gasteiger partial charge in [-0.3, -0.25) is 9.59 Å². The molecule has 1 N–H and O–H groups in total. The molecule has 4 nitrogen and oxygen atoms in total. The lowest BCUT2D eigenvalue weighted by Crippen LogP contribution is -2.54. The van der Waals surface area contributed by atoms with Crippen molar-refractivity contribution in [2.24, 2.45) is 0 Å². The van der Waals surface area contributed by atoms with Crippen molar-refractivity contribution >= 4 is 27.7 Å². The summed E-state index contributed by atoms with van der Waals surface area (Å²) in [6.07, 6.45) is 0.684. The van der Waals surface area contributed by atoms with Gasteiger partial charge in [0.2, 0.25) is 11.8 Å². The Kier molecular flexibility index (Phi) is 8.90. The molecule has 0 heterocycles. The molecule has 3 aromatic carbocycles. The lowest BCUT2D eigenvalue weighted by Gasteiger charge is -2.34. The summed E-state index contributed by atoms with van der Waals surface area (Å²) in [6.45, 7) is 10.3. The molecule has 3 aromatic rings. The highest BCUT2D eigenvalue weighted by molar-refractivity contribution is 9.10. The molecule has 0 radical (unpaired) electrons. The Morgan fingerprint density at radius 1 is 0.857 bits per heavy atom. The minimum atomic E-state index is -0.640. The second-order valence-electron chi connectivity index (χ2n) is 10.2. The van der Waals surface area contributed by atoms with Crippen LogP contribution in [0.1, 0.15) is 48.6 Å². The number of benzene rings is 3. The number of rotatable bonds is 8. The van der Waals surface area contributed by atoms with Gasteiger partial charge in [0.25, 0.3) is 0 Å². The lowest BCUT2D eigenvalue weighted by molar-refractivity contribution is -0.141. The van der Waals surface area contributed by atoms with Crippen LogP contribution in [0, 0.1) is 13.8 Å². The lowest BCUT2D eigenvalue weighted by atomic mass is 9.99. The number of carbonyl (C=O) groups excluding carboxylic acids is 2. The third-order valence-corrected chi connectivity index (χ3v) is 6.49. The summed E-state index contributed by atoms with van der Waals surface area (Å²) in [6, 6.07) is 23.3. The van der Waals surface area contributed by atoms with Crippen LogP contribution in [0.2, 0.25) is 0 Å². The average Bonchev–Trinajstić information content (AvgIpc) is 2.79. The molecular weight excluding hydrogens is 500 g/mol. The molecular formula is C30H35BrN2O2. The monoisotopic (exact) mass is 534 g/mol. The molecule has 0 aromatic heterocycles. The van der Waals surface area contributed by atoms with Crippen LogP contribution in [0.3, 0.4) is 0 Å². The fourth-order valence-corrected chi connectivity index (χ4v) is 4.25. The SMILES string of the molecule is Cc1ccc(CC(=O)N(Cc2ccc(Br)cc2)[C@H](Cc2ccccc2)C(=O)NC(C)(C)C)cc1C. The van der Waals surface area contributed by atoms with E-state index in [0.29, 0.717) is 13.0 Å². The van der Waals surface area contributed by atoms with Gasteiger partial charge in [0.1, 0.15) is 6.04 Å². The average molecular weight is 536 g/mol. The predicted molar refractivity (Wildman–Crippen MR) is 146 cm³/mol. The number of hydrogen-bond donors (Lipinski definition) is 1. The van der Waals surface area contributed by atoms with Crippen molar-refractivity contribution in [1.82, 2.24) is 10.2 Å². The van der Waals surface area contributed by atoms with Gasteiger partial charge in [-0.15, -0.1) is 0 Å². The summed E-state index contributed by atoms with van der Waals surface area (Å²) in [5.41, 5.74) is 4.88. The molecule has 184 valence electrons. The molecule has 35 heavy (non-hydrogen) atoms. The molecule has 0 saturated carbocycles. The number of halogens is 1. The highest BCUT2D eigenvalue weighted by Gasteiger charge is 2.32. The number of amides is 2. The Hall–Kier alpha value is -2.92. The number of nitrogens with zero attached hydrogens (tertiary/aromatic N) is 1. The van der Waals surface area contributed by atoms with Gasteiger partial charge in [0, 0.05) is 23.0 Å². The zero-order chi connectivity index (χ0) is 25.6. The molecule has 0 aliphatic heterocycles. The van der Waals surface area contributed by atoms with E-state index in [-0.39, 0.29) is 18.2 Å². The molecule has 0 unspecified atom stereocenters. The predicted octanol–water partition coefficient (Wildman–Crippen LogP) is 6.16. The highest BCUT2D eigenvalue weighted by Crippen LogP contribution is 2.20. The maximum atomic E-state index is 13.8. The fourth-order valence-electron chi connectivity index (χ4n) is 3.98. The summed E-state index contributed by atoms with van der Waals surface area (Å²) in [4.78, 5) is 29.2. The topological polar surface area (TPSA) is 49.4 Å². The maximum Gasteiger partial charge on any atom is 0.243 e. The Morgan fingerprint density at radius 2 is 1.49 bits per heavy atom. The number of hydrogen-bond acceptors (Lipinski definition) is 2. The first-order valence-corrected chi connectivity index (χ1v) is 12.8. The molecule has 0 aliphatic carbocycles. The molecule has 0 aliphatic rings. The van der Waals surface area contributed by atoms with E-state index in [1.54, 1.807) is 4.90 Å². The summed E-state index contributed by atoms with van der Waals surface area (Å²) in [5.74, 6) is -0.215. The molecule has 3 rings (SSSR count). The first-order valence-electron chi connectivity index (χ1n) is 12.0. The Bertz CT molecular complexity index is 1150. The van der Waals surface area contributed by atoms with Crippen molar-refractivity contribution in [3.05, 3.63) is 105 Å². The quantitative estimate of drug-likeness (QED) is 0.376. The van der Waals surface area contributed by atoms with Gasteiger partial charge in [-0.1, -0.05) is 76.6 Å². The minimum absolute atomic E-state index is 0.0684. The van der Waals surface area contributed by atoms with Gasteiger partial charge in [-0.2, -0.15) is 0 Å². The third kappa shape index (κ3) is 8.07. The standard InChI is InChI=1S/C30H35BrN2O2/c1-21-11-12-25(17-22(21)2)19-28(34)33(20-24-13-15-26(31)16-14-24)27(29(35)32-30(3,4)5)18-23-9-7-6-8-10-23/h6-17,27H,18-20H2,1-5H3,(H,32,35)/t27-/m1/s1. The van der Waals surface area contributed by atoms with Crippen LogP contribution in [-0.2, 0) is 29.0 Å². The number of nitrogens with one attached hydrogen (secondary N) is 1. The van der Waals surface area contributed by atoms with Crippen LogP contribution < -0.4 is 5.32 Å². The van der Waals surface area contributed by atoms with Crippen molar-refractivity contribution < 1.29 is 9.59 Å². The van der Waals surface area contributed by atoms with Crippen molar-refractivity contribution in [3.63, 3.8) is 0 Å². The zero-order valence-electron chi connectivity index (χ0n) is 21.3. The van der Waals surface area contributed by atoms with E-state index in [9.17, 15) is 9.59 Å². The molecule has 0 spiro atoms. The molecule has 5 heteroatoms. The van der Waals surface area contributed by atoms with E-state index in [2.05, 4.69) is 41.2 Å². The van der Waals surface area contributed by atoms with E-state index in [4.69, 9.17) is 0 Å². The van der Waals surface area contributed by atoms with Crippen molar-refractivity contribution in [2.75, 3.05) is 0 Å². The van der Waals surface area contributed by atoms with Gasteiger partial charge in [-0.25, -0.2) is 0 Å². The Balaban J connectivity index is 1.99. The third-order valence-electron chi connectivity index (χ3n) is 5.96. The highest BCUT2D eigenvalue weighted by atomic mass is 79.9. The molecule has 0 bridgehead atoms. The van der Waals surface area contributed by atoms with Crippen LogP contribution in [0.4, 0.5) is 0 Å². The van der Waals surface area contributed by atoms with Gasteiger partial charge >= 0.3 is 0 Å². The van der Waals surface area contributed by atoms with E-state index < -0.39 is 11.6 Å². The zero-order valence-corrected chi connectivity index (χ0v) is 22.9. The molecule has 1 atom stereocenters. The van der Waals surface area contributed by atoms with E-state index in [0.717, 1.165) is 26.7 Å². The van der Waals surface area contributed by atoms with Crippen LogP contribution in [0.25, 0.3) is 0 Å². The van der Waals surface area contributed by atoms with Crippen LogP contribution in [0.5, 0.6) is 0 Å². The second kappa shape index (κ2) is 11.7. The molecule has 0 fully saturated rings. The molecule has 2 amide bonds. The first-order chi connectivity index (χ1) is 16.5. The molecule has 0 saturated heterocycles. The summed E-state index contributed by atoms with van der Waals surface area (Å²) < 4.78 is 0.973. The number of carbonyl (C=O) groups is 2. The van der Waals surface area contributed by atoms with Crippen molar-refractivity contribution in [3.8, 4) is 0 Å². The normalized spacial score (nSPS) is 12.2. The fraction of sp³-hybridized carbons (Fsp3) is 0.333. The summed E-state index contributed by atoms with van der Waals surface area (Å²) >= 11 is 3.48. The van der Waals surface area contributed by atoms with E-state index in [1.807, 2.05) is 87.5 Å². The minimum Gasteiger partial charge on any atom is -0.350 e. The maximum absolute atomic E-state index is 13.8. The van der Waals surface area contributed by atoms with Gasteiger partial charge in [-0.05, 0) is 74.6 Å². The van der Waals surface area contributed by atoms with Crippen molar-refractivity contribution in [2.45, 2.75) is 65.6 Å². The van der Waals surface area contributed by atoms with Crippen LogP contribution in [-0.4, -0.2) is 28.3 Å². The van der Waals surface area contributed by atoms with Gasteiger partial charge in [0.15, 0.2) is 0 Å². The summed E-state index contributed by atoms with van der Waals surface area (Å²) in [5, 5.41) is 3.11. The Labute approximate surface area is 217 Å². The van der Waals surface area contributed by atoms with Gasteiger partial charge < -0.3 is 10.2 Å². The van der Waals surface area contributed by atoms with Gasteiger partial charge in [0.05, 0.1) is 6.42 Å². The van der Waals surface area contributed by atoms with E-state index in [1.165, 1.54) is 5.56 Å². The van der Waals surface area contributed by atoms with Crippen LogP contribution >= 0.6 is 15.9 Å². The smallest absolute Gasteiger partial charge is 0.243 e. The van der Waals surface area contributed by atoms with Crippen LogP contribution in [0.15, 0.2) is 77.3 Å². The van der Waals surface area contributed by atoms with E-state index >= 15 is 0 Å². The summed E-state index contributed by atoms with van der Waals surface area (Å²) in [7, 11) is 0.